The molecular formula is C25H32N4O4. The van der Waals surface area contributed by atoms with Gasteiger partial charge in [0.15, 0.2) is 0 Å². The molecule has 3 aromatic rings. The second-order valence-corrected chi connectivity index (χ2v) is 8.56. The molecule has 0 bridgehead atoms. The molecule has 4 rings (SSSR count). The molecule has 8 heteroatoms. The number of anilines is 1. The van der Waals surface area contributed by atoms with E-state index in [4.69, 9.17) is 10.5 Å². The van der Waals surface area contributed by atoms with Crippen LogP contribution in [0.15, 0.2) is 36.4 Å². The van der Waals surface area contributed by atoms with Crippen molar-refractivity contribution in [2.45, 2.75) is 51.2 Å². The predicted octanol–water partition coefficient (Wildman–Crippen LogP) is 3.86. The molecule has 1 unspecified atom stereocenters. The molecule has 0 saturated carbocycles. The van der Waals surface area contributed by atoms with Crippen LogP contribution in [0.1, 0.15) is 49.4 Å². The van der Waals surface area contributed by atoms with Crippen molar-refractivity contribution in [3.63, 3.8) is 0 Å². The zero-order chi connectivity index (χ0) is 23.4. The van der Waals surface area contributed by atoms with Crippen LogP contribution >= 0.6 is 0 Å². The van der Waals surface area contributed by atoms with Crippen molar-refractivity contribution < 1.29 is 19.7 Å². The van der Waals surface area contributed by atoms with Gasteiger partial charge in [-0.3, -0.25) is 5.32 Å². The van der Waals surface area contributed by atoms with Crippen LogP contribution in [-0.2, 0) is 18.6 Å². The molecule has 8 nitrogen and oxygen atoms in total. The predicted molar refractivity (Wildman–Crippen MR) is 129 cm³/mol. The number of phenolic OH excluding ortho intramolecular Hbond substituents is 1. The van der Waals surface area contributed by atoms with E-state index in [0.717, 1.165) is 24.1 Å². The van der Waals surface area contributed by atoms with E-state index in [1.165, 1.54) is 41.6 Å². The third kappa shape index (κ3) is 5.07. The number of urea groups is 1. The highest BCUT2D eigenvalue weighted by molar-refractivity contribution is 5.89. The largest absolute Gasteiger partial charge is 0.506 e. The molecular weight excluding hydrogens is 420 g/mol. The van der Waals surface area contributed by atoms with Crippen molar-refractivity contribution in [1.82, 2.24) is 10.3 Å². The van der Waals surface area contributed by atoms with Crippen LogP contribution in [0.2, 0.25) is 0 Å². The molecule has 1 atom stereocenters. The van der Waals surface area contributed by atoms with E-state index in [9.17, 15) is 15.0 Å². The van der Waals surface area contributed by atoms with E-state index in [1.807, 2.05) is 19.1 Å². The van der Waals surface area contributed by atoms with E-state index < -0.39 is 11.8 Å². The van der Waals surface area contributed by atoms with Crippen LogP contribution < -0.4 is 21.1 Å². The zero-order valence-electron chi connectivity index (χ0n) is 18.9. The number of hydrogen-bond acceptors (Lipinski definition) is 5. The Morgan fingerprint density at radius 1 is 1.21 bits per heavy atom. The Morgan fingerprint density at radius 2 is 2.03 bits per heavy atom. The summed E-state index contributed by atoms with van der Waals surface area (Å²) in [6.45, 7) is 2.87. The van der Waals surface area contributed by atoms with E-state index in [2.05, 4.69) is 21.7 Å². The lowest BCUT2D eigenvalue weighted by Crippen LogP contribution is -2.42. The van der Waals surface area contributed by atoms with Gasteiger partial charge in [0.2, 0.25) is 0 Å². The second kappa shape index (κ2) is 9.72. The number of H-pyrrole nitrogens is 1. The minimum Gasteiger partial charge on any atom is -0.506 e. The number of rotatable bonds is 9. The van der Waals surface area contributed by atoms with Gasteiger partial charge in [0.25, 0.3) is 0 Å². The summed E-state index contributed by atoms with van der Waals surface area (Å²) in [7, 11) is 0. The van der Waals surface area contributed by atoms with Crippen LogP contribution in [0.4, 0.5) is 10.5 Å². The number of nitrogens with two attached hydrogens (primary N) is 1. The number of aromatic hydroxyl groups is 1. The number of benzene rings is 2. The standard InChI is InChI=1S/C25H32N4O4/c1-2-27-25(32,16-8-11-23(30)22(14-16)29-24(26)31)12-5-13-33-17-9-10-19-18-6-3-4-7-20(18)28-21(19)15-17/h8-11,14-15,27-28,30,32H,2-7,12-13H2,1H3,(H3,26,29,31). The summed E-state index contributed by atoms with van der Waals surface area (Å²) in [6.07, 6.45) is 5.68. The Hall–Kier alpha value is -3.23. The fourth-order valence-electron chi connectivity index (χ4n) is 4.65. The highest BCUT2D eigenvalue weighted by atomic mass is 16.5. The van der Waals surface area contributed by atoms with Gasteiger partial charge in [0.1, 0.15) is 17.2 Å². The first-order valence-corrected chi connectivity index (χ1v) is 11.5. The first kappa shape index (κ1) is 22.9. The Labute approximate surface area is 193 Å². The van der Waals surface area contributed by atoms with Gasteiger partial charge in [-0.25, -0.2) is 4.79 Å². The van der Waals surface area contributed by atoms with Crippen LogP contribution in [0.3, 0.4) is 0 Å². The maximum atomic E-state index is 11.3. The summed E-state index contributed by atoms with van der Waals surface area (Å²) in [5.74, 6) is 0.673. The first-order chi connectivity index (χ1) is 15.9. The molecule has 33 heavy (non-hydrogen) atoms. The molecule has 2 amide bonds. The monoisotopic (exact) mass is 452 g/mol. The van der Waals surface area contributed by atoms with Gasteiger partial charge in [0.05, 0.1) is 12.3 Å². The number of aryl methyl sites for hydroxylation is 2. The lowest BCUT2D eigenvalue weighted by Gasteiger charge is -2.30. The molecule has 0 fully saturated rings. The van der Waals surface area contributed by atoms with Gasteiger partial charge in [-0.05, 0) is 74.9 Å². The van der Waals surface area contributed by atoms with Crippen molar-refractivity contribution in [1.29, 1.82) is 0 Å². The van der Waals surface area contributed by atoms with Gasteiger partial charge in [-0.1, -0.05) is 13.0 Å². The quantitative estimate of drug-likeness (QED) is 0.167. The Balaban J connectivity index is 1.41. The number of fused-ring (bicyclic) bond motifs is 3. The van der Waals surface area contributed by atoms with Crippen LogP contribution in [0, 0.1) is 0 Å². The molecule has 176 valence electrons. The zero-order valence-corrected chi connectivity index (χ0v) is 18.9. The van der Waals surface area contributed by atoms with Crippen molar-refractivity contribution in [3.8, 4) is 11.5 Å². The minimum absolute atomic E-state index is 0.124. The number of hydrogen-bond donors (Lipinski definition) is 6. The van der Waals surface area contributed by atoms with Crippen LogP contribution in [0.5, 0.6) is 11.5 Å². The molecule has 0 aliphatic heterocycles. The van der Waals surface area contributed by atoms with Crippen molar-refractivity contribution in [2.75, 3.05) is 18.5 Å². The second-order valence-electron chi connectivity index (χ2n) is 8.56. The third-order valence-corrected chi connectivity index (χ3v) is 6.22. The van der Waals surface area contributed by atoms with E-state index >= 15 is 0 Å². The Morgan fingerprint density at radius 3 is 2.82 bits per heavy atom. The van der Waals surface area contributed by atoms with Gasteiger partial charge in [-0.15, -0.1) is 0 Å². The first-order valence-electron chi connectivity index (χ1n) is 11.5. The molecule has 0 radical (unpaired) electrons. The number of aromatic nitrogens is 1. The normalized spacial score (nSPS) is 15.1. The molecule has 2 aromatic carbocycles. The van der Waals surface area contributed by atoms with Crippen molar-refractivity contribution in [3.05, 3.63) is 53.2 Å². The van der Waals surface area contributed by atoms with E-state index in [0.29, 0.717) is 31.6 Å². The molecule has 1 aliphatic carbocycles. The molecule has 7 N–H and O–H groups in total. The summed E-state index contributed by atoms with van der Waals surface area (Å²) in [5, 5.41) is 28.0. The topological polar surface area (TPSA) is 133 Å². The number of carbonyl (C=O) groups is 1. The summed E-state index contributed by atoms with van der Waals surface area (Å²) in [4.78, 5) is 14.7. The lowest BCUT2D eigenvalue weighted by atomic mass is 9.96. The Bertz CT molecular complexity index is 1140. The number of carbonyl (C=O) groups excluding carboxylic acids is 1. The number of ether oxygens (including phenoxy) is 1. The fourth-order valence-corrected chi connectivity index (χ4v) is 4.65. The number of amides is 2. The number of phenols is 1. The molecule has 1 aliphatic rings. The van der Waals surface area contributed by atoms with E-state index in [1.54, 1.807) is 6.07 Å². The minimum atomic E-state index is -1.34. The fraction of sp³-hybridized carbons (Fsp3) is 0.400. The maximum absolute atomic E-state index is 11.3. The van der Waals surface area contributed by atoms with Crippen LogP contribution in [-0.4, -0.2) is 34.4 Å². The van der Waals surface area contributed by atoms with E-state index in [-0.39, 0.29) is 11.4 Å². The summed E-state index contributed by atoms with van der Waals surface area (Å²) < 4.78 is 5.98. The summed E-state index contributed by atoms with van der Waals surface area (Å²) in [6, 6.07) is 9.95. The third-order valence-electron chi connectivity index (χ3n) is 6.22. The molecule has 0 saturated heterocycles. The summed E-state index contributed by atoms with van der Waals surface area (Å²) in [5.41, 5.74) is 8.40. The number of aromatic amines is 1. The van der Waals surface area contributed by atoms with Crippen molar-refractivity contribution >= 4 is 22.6 Å². The average Bonchev–Trinajstić information content (AvgIpc) is 3.16. The highest BCUT2D eigenvalue weighted by Gasteiger charge is 2.28. The number of primary amides is 1. The molecule has 1 aromatic heterocycles. The highest BCUT2D eigenvalue weighted by Crippen LogP contribution is 2.33. The van der Waals surface area contributed by atoms with Crippen LogP contribution in [0.25, 0.3) is 10.9 Å². The molecule has 1 heterocycles. The number of aliphatic hydroxyl groups is 1. The SMILES string of the molecule is CCNC(O)(CCCOc1ccc2c3c([nH]c2c1)CCCC3)c1ccc(O)c(NC(N)=O)c1. The van der Waals surface area contributed by atoms with Gasteiger partial charge in [0, 0.05) is 28.2 Å². The average molecular weight is 453 g/mol. The summed E-state index contributed by atoms with van der Waals surface area (Å²) >= 11 is 0. The Kier molecular flexibility index (Phi) is 6.76. The maximum Gasteiger partial charge on any atom is 0.316 e. The lowest BCUT2D eigenvalue weighted by molar-refractivity contribution is -0.0111. The van der Waals surface area contributed by atoms with Gasteiger partial charge >= 0.3 is 6.03 Å². The van der Waals surface area contributed by atoms with Gasteiger partial charge < -0.3 is 31.0 Å². The number of nitrogens with one attached hydrogen (secondary N) is 3. The molecule has 0 spiro atoms. The van der Waals surface area contributed by atoms with Gasteiger partial charge in [-0.2, -0.15) is 0 Å². The van der Waals surface area contributed by atoms with Crippen molar-refractivity contribution in [2.24, 2.45) is 5.73 Å². The smallest absolute Gasteiger partial charge is 0.316 e.